The van der Waals surface area contributed by atoms with E-state index in [-0.39, 0.29) is 11.5 Å². The quantitative estimate of drug-likeness (QED) is 0.405. The van der Waals surface area contributed by atoms with E-state index in [1.165, 1.54) is 0 Å². The van der Waals surface area contributed by atoms with E-state index >= 15 is 0 Å². The van der Waals surface area contributed by atoms with E-state index in [2.05, 4.69) is 20.6 Å². The van der Waals surface area contributed by atoms with Crippen molar-refractivity contribution >= 4 is 28.3 Å². The van der Waals surface area contributed by atoms with E-state index in [1.807, 2.05) is 6.92 Å². The first-order valence-corrected chi connectivity index (χ1v) is 8.49. The molecule has 1 heterocycles. The van der Waals surface area contributed by atoms with Crippen molar-refractivity contribution in [3.63, 3.8) is 0 Å². The Balaban J connectivity index is 2.88. The van der Waals surface area contributed by atoms with Crippen molar-refractivity contribution < 1.29 is 9.13 Å². The fraction of sp³-hybridized carbons (Fsp3) is 0.667. The molecule has 21 heavy (non-hydrogen) atoms. The van der Waals surface area contributed by atoms with Gasteiger partial charge in [0.1, 0.15) is 5.69 Å². The SMILES string of the molecule is CCCNc1nc(C)c([N+](=O)[O-])c(NCCCS(C)=O)n1. The number of nitrogens with zero attached hydrogens (tertiary/aromatic N) is 3. The van der Waals surface area contributed by atoms with Crippen LogP contribution in [0.25, 0.3) is 0 Å². The van der Waals surface area contributed by atoms with Gasteiger partial charge in [0.15, 0.2) is 0 Å². The summed E-state index contributed by atoms with van der Waals surface area (Å²) in [5, 5.41) is 17.1. The maximum absolute atomic E-state index is 11.1. The van der Waals surface area contributed by atoms with E-state index in [4.69, 9.17) is 0 Å². The number of nitro groups is 1. The zero-order valence-corrected chi connectivity index (χ0v) is 13.3. The van der Waals surface area contributed by atoms with Crippen molar-refractivity contribution in [1.29, 1.82) is 0 Å². The molecule has 1 aromatic heterocycles. The van der Waals surface area contributed by atoms with E-state index in [9.17, 15) is 14.3 Å². The fourth-order valence-electron chi connectivity index (χ4n) is 1.71. The predicted octanol–water partition coefficient (Wildman–Crippen LogP) is 1.70. The third-order valence-electron chi connectivity index (χ3n) is 2.68. The molecule has 0 amide bonds. The summed E-state index contributed by atoms with van der Waals surface area (Å²) in [5.74, 6) is 1.13. The number of rotatable bonds is 9. The van der Waals surface area contributed by atoms with Gasteiger partial charge in [0, 0.05) is 35.9 Å². The Kier molecular flexibility index (Phi) is 7.00. The van der Waals surface area contributed by atoms with Crippen molar-refractivity contribution in [2.24, 2.45) is 0 Å². The third-order valence-corrected chi connectivity index (χ3v) is 3.54. The van der Waals surface area contributed by atoms with E-state index in [0.29, 0.717) is 36.9 Å². The smallest absolute Gasteiger partial charge is 0.332 e. The summed E-state index contributed by atoms with van der Waals surface area (Å²) in [5.41, 5.74) is 0.199. The Hall–Kier alpha value is -1.77. The van der Waals surface area contributed by atoms with Crippen LogP contribution in [0.3, 0.4) is 0 Å². The second kappa shape index (κ2) is 8.50. The summed E-state index contributed by atoms with van der Waals surface area (Å²) in [6, 6.07) is 0. The van der Waals surface area contributed by atoms with Crippen LogP contribution in [0.5, 0.6) is 0 Å². The van der Waals surface area contributed by atoms with Gasteiger partial charge in [0.2, 0.25) is 11.8 Å². The molecular weight excluding hydrogens is 294 g/mol. The summed E-state index contributed by atoms with van der Waals surface area (Å²) in [4.78, 5) is 18.9. The van der Waals surface area contributed by atoms with Crippen molar-refractivity contribution in [1.82, 2.24) is 9.97 Å². The fourth-order valence-corrected chi connectivity index (χ4v) is 2.26. The molecule has 0 saturated heterocycles. The highest BCUT2D eigenvalue weighted by Gasteiger charge is 2.21. The van der Waals surface area contributed by atoms with Crippen molar-refractivity contribution in [3.05, 3.63) is 15.8 Å². The van der Waals surface area contributed by atoms with Crippen molar-refractivity contribution in [3.8, 4) is 0 Å². The van der Waals surface area contributed by atoms with Crippen LogP contribution in [0.15, 0.2) is 0 Å². The van der Waals surface area contributed by atoms with Crippen LogP contribution in [0.1, 0.15) is 25.5 Å². The summed E-state index contributed by atoms with van der Waals surface area (Å²) >= 11 is 0. The molecule has 0 aromatic carbocycles. The molecule has 0 bridgehead atoms. The molecule has 118 valence electrons. The second-order valence-corrected chi connectivity index (χ2v) is 6.13. The molecule has 1 aromatic rings. The van der Waals surface area contributed by atoms with Crippen LogP contribution in [-0.2, 0) is 10.8 Å². The lowest BCUT2D eigenvalue weighted by Gasteiger charge is -2.10. The number of aromatic nitrogens is 2. The summed E-state index contributed by atoms with van der Waals surface area (Å²) in [7, 11) is -0.870. The highest BCUT2D eigenvalue weighted by Crippen LogP contribution is 2.26. The molecule has 0 aliphatic carbocycles. The Morgan fingerprint density at radius 2 is 2.00 bits per heavy atom. The summed E-state index contributed by atoms with van der Waals surface area (Å²) < 4.78 is 11.0. The molecule has 0 saturated carbocycles. The van der Waals surface area contributed by atoms with Gasteiger partial charge in [-0.2, -0.15) is 4.98 Å². The van der Waals surface area contributed by atoms with Gasteiger partial charge in [0.05, 0.1) is 4.92 Å². The Morgan fingerprint density at radius 1 is 1.29 bits per heavy atom. The number of aryl methyl sites for hydroxylation is 1. The van der Waals surface area contributed by atoms with Gasteiger partial charge in [-0.05, 0) is 19.8 Å². The minimum Gasteiger partial charge on any atom is -0.364 e. The van der Waals surface area contributed by atoms with Crippen LogP contribution in [0.4, 0.5) is 17.5 Å². The van der Waals surface area contributed by atoms with Crippen molar-refractivity contribution in [2.75, 3.05) is 35.7 Å². The molecule has 0 aliphatic heterocycles. The lowest BCUT2D eigenvalue weighted by atomic mass is 10.3. The van der Waals surface area contributed by atoms with Crippen LogP contribution in [0.2, 0.25) is 0 Å². The largest absolute Gasteiger partial charge is 0.364 e. The van der Waals surface area contributed by atoms with Crippen LogP contribution in [0, 0.1) is 17.0 Å². The van der Waals surface area contributed by atoms with Crippen LogP contribution in [-0.4, -0.2) is 44.2 Å². The molecule has 1 unspecified atom stereocenters. The third kappa shape index (κ3) is 5.62. The van der Waals surface area contributed by atoms with E-state index in [0.717, 1.165) is 6.42 Å². The van der Waals surface area contributed by atoms with Gasteiger partial charge in [-0.3, -0.25) is 14.3 Å². The summed E-state index contributed by atoms with van der Waals surface area (Å²) in [6.45, 7) is 4.77. The normalized spacial score (nSPS) is 12.0. The van der Waals surface area contributed by atoms with Crippen molar-refractivity contribution in [2.45, 2.75) is 26.7 Å². The first-order valence-electron chi connectivity index (χ1n) is 6.76. The molecule has 1 atom stereocenters. The van der Waals surface area contributed by atoms with Gasteiger partial charge in [-0.25, -0.2) is 4.98 Å². The zero-order valence-electron chi connectivity index (χ0n) is 12.5. The lowest BCUT2D eigenvalue weighted by molar-refractivity contribution is -0.385. The average molecular weight is 315 g/mol. The van der Waals surface area contributed by atoms with E-state index < -0.39 is 15.7 Å². The maximum Gasteiger partial charge on any atom is 0.332 e. The zero-order chi connectivity index (χ0) is 15.8. The molecule has 0 aliphatic rings. The van der Waals surface area contributed by atoms with E-state index in [1.54, 1.807) is 13.2 Å². The summed E-state index contributed by atoms with van der Waals surface area (Å²) in [6.07, 6.45) is 3.19. The number of anilines is 2. The molecule has 9 heteroatoms. The molecule has 1 rings (SSSR count). The lowest BCUT2D eigenvalue weighted by Crippen LogP contribution is -2.13. The van der Waals surface area contributed by atoms with Crippen LogP contribution >= 0.6 is 0 Å². The maximum atomic E-state index is 11.1. The van der Waals surface area contributed by atoms with Gasteiger partial charge in [-0.1, -0.05) is 6.92 Å². The molecule has 0 spiro atoms. The first-order chi connectivity index (χ1) is 9.95. The average Bonchev–Trinajstić information content (AvgIpc) is 2.40. The van der Waals surface area contributed by atoms with Gasteiger partial charge in [0.25, 0.3) is 0 Å². The Labute approximate surface area is 126 Å². The molecule has 0 fully saturated rings. The van der Waals surface area contributed by atoms with Crippen LogP contribution < -0.4 is 10.6 Å². The molecule has 2 N–H and O–H groups in total. The topological polar surface area (TPSA) is 110 Å². The second-order valence-electron chi connectivity index (χ2n) is 4.57. The predicted molar refractivity (Wildman–Crippen MR) is 84.2 cm³/mol. The highest BCUT2D eigenvalue weighted by atomic mass is 32.2. The minimum absolute atomic E-state index is 0.116. The van der Waals surface area contributed by atoms with Gasteiger partial charge in [-0.15, -0.1) is 0 Å². The number of hydrogen-bond donors (Lipinski definition) is 2. The number of nitrogens with one attached hydrogen (secondary N) is 2. The van der Waals surface area contributed by atoms with Gasteiger partial charge >= 0.3 is 5.69 Å². The molecular formula is C12H21N5O3S. The number of hydrogen-bond acceptors (Lipinski definition) is 7. The van der Waals surface area contributed by atoms with Gasteiger partial charge < -0.3 is 10.6 Å². The standard InChI is InChI=1S/C12H21N5O3S/c1-4-6-14-12-15-9(2)10(17(18)19)11(16-12)13-7-5-8-21(3)20/h4-8H2,1-3H3,(H2,13,14,15,16). The monoisotopic (exact) mass is 315 g/mol. The first kappa shape index (κ1) is 17.3. The minimum atomic E-state index is -0.870. The molecule has 8 nitrogen and oxygen atoms in total. The molecule has 0 radical (unpaired) electrons. The highest BCUT2D eigenvalue weighted by molar-refractivity contribution is 7.84. The Morgan fingerprint density at radius 3 is 2.57 bits per heavy atom. The Bertz CT molecular complexity index is 524.